The summed E-state index contributed by atoms with van der Waals surface area (Å²) in [5, 5.41) is 12.8. The van der Waals surface area contributed by atoms with E-state index in [2.05, 4.69) is 17.2 Å². The van der Waals surface area contributed by atoms with Gasteiger partial charge >= 0.3 is 6.18 Å². The highest BCUT2D eigenvalue weighted by Gasteiger charge is 2.35. The predicted molar refractivity (Wildman–Crippen MR) is 70.3 cm³/mol. The molecule has 0 bridgehead atoms. The van der Waals surface area contributed by atoms with Crippen LogP contribution in [0.25, 0.3) is 0 Å². The molecule has 20 heavy (non-hydrogen) atoms. The van der Waals surface area contributed by atoms with Crippen molar-refractivity contribution in [2.75, 3.05) is 11.9 Å². The van der Waals surface area contributed by atoms with Crippen LogP contribution in [0.1, 0.15) is 38.2 Å². The molecular formula is C14H19F3N2O. The second-order valence-corrected chi connectivity index (χ2v) is 5.69. The van der Waals surface area contributed by atoms with Gasteiger partial charge in [-0.05, 0) is 30.9 Å². The Balaban J connectivity index is 2.12. The minimum absolute atomic E-state index is 0.0416. The molecule has 112 valence electrons. The number of aliphatic hydroxyl groups is 1. The van der Waals surface area contributed by atoms with E-state index in [-0.39, 0.29) is 6.61 Å². The molecular weight excluding hydrogens is 269 g/mol. The van der Waals surface area contributed by atoms with E-state index in [1.165, 1.54) is 6.07 Å². The average Bonchev–Trinajstić information content (AvgIpc) is 2.38. The molecule has 1 aliphatic rings. The van der Waals surface area contributed by atoms with Crippen LogP contribution >= 0.6 is 0 Å². The first-order chi connectivity index (χ1) is 9.35. The molecule has 1 heterocycles. The van der Waals surface area contributed by atoms with Gasteiger partial charge in [-0.1, -0.05) is 19.8 Å². The quantitative estimate of drug-likeness (QED) is 0.895. The summed E-state index contributed by atoms with van der Waals surface area (Å²) >= 11 is 0. The number of aromatic nitrogens is 1. The number of halogens is 3. The molecule has 1 saturated carbocycles. The van der Waals surface area contributed by atoms with E-state index in [1.54, 1.807) is 0 Å². The number of aliphatic hydroxyl groups excluding tert-OH is 1. The molecule has 1 aliphatic carbocycles. The Bertz CT molecular complexity index is 447. The third-order valence-corrected chi connectivity index (χ3v) is 3.88. The molecule has 0 aromatic carbocycles. The molecule has 0 amide bonds. The van der Waals surface area contributed by atoms with Crippen LogP contribution in [0.4, 0.5) is 19.0 Å². The monoisotopic (exact) mass is 288 g/mol. The predicted octanol–water partition coefficient (Wildman–Crippen LogP) is 3.45. The van der Waals surface area contributed by atoms with Gasteiger partial charge in [0.15, 0.2) is 0 Å². The fourth-order valence-corrected chi connectivity index (χ4v) is 2.86. The first-order valence-electron chi connectivity index (χ1n) is 6.77. The molecule has 2 unspecified atom stereocenters. The standard InChI is InChI=1S/C14H19F3N2O/c1-10-3-2-6-13(7-10,9-20)19-12-5-4-11(8-18-12)14(15,16)17/h4-5,8,10,20H,2-3,6-7,9H2,1H3,(H,18,19). The van der Waals surface area contributed by atoms with Crippen molar-refractivity contribution in [3.05, 3.63) is 23.9 Å². The van der Waals surface area contributed by atoms with Crippen LogP contribution in [0.15, 0.2) is 18.3 Å². The van der Waals surface area contributed by atoms with Crippen molar-refractivity contribution in [1.29, 1.82) is 0 Å². The molecule has 2 N–H and O–H groups in total. The first-order valence-corrected chi connectivity index (χ1v) is 6.77. The van der Waals surface area contributed by atoms with Gasteiger partial charge in [-0.25, -0.2) is 4.98 Å². The van der Waals surface area contributed by atoms with E-state index in [4.69, 9.17) is 0 Å². The van der Waals surface area contributed by atoms with Crippen LogP contribution in [0.5, 0.6) is 0 Å². The van der Waals surface area contributed by atoms with Crippen molar-refractivity contribution in [3.63, 3.8) is 0 Å². The van der Waals surface area contributed by atoms with Crippen LogP contribution in [-0.4, -0.2) is 22.2 Å². The number of nitrogens with one attached hydrogen (secondary N) is 1. The van der Waals surface area contributed by atoms with Crippen molar-refractivity contribution < 1.29 is 18.3 Å². The fraction of sp³-hybridized carbons (Fsp3) is 0.643. The topological polar surface area (TPSA) is 45.1 Å². The van der Waals surface area contributed by atoms with E-state index >= 15 is 0 Å². The van der Waals surface area contributed by atoms with E-state index in [0.717, 1.165) is 37.9 Å². The number of pyridine rings is 1. The summed E-state index contributed by atoms with van der Waals surface area (Å²) in [5.74, 6) is 0.860. The molecule has 2 rings (SSSR count). The van der Waals surface area contributed by atoms with Crippen LogP contribution < -0.4 is 5.32 Å². The lowest BCUT2D eigenvalue weighted by Crippen LogP contribution is -2.46. The summed E-state index contributed by atoms with van der Waals surface area (Å²) in [5.41, 5.74) is -1.23. The largest absolute Gasteiger partial charge is 0.417 e. The first kappa shape index (κ1) is 15.1. The molecule has 1 aromatic heterocycles. The van der Waals surface area contributed by atoms with E-state index in [9.17, 15) is 18.3 Å². The van der Waals surface area contributed by atoms with Crippen molar-refractivity contribution in [1.82, 2.24) is 4.98 Å². The highest BCUT2D eigenvalue weighted by molar-refractivity contribution is 5.39. The zero-order chi connectivity index (χ0) is 14.8. The minimum Gasteiger partial charge on any atom is -0.394 e. The SMILES string of the molecule is CC1CCCC(CO)(Nc2ccc(C(F)(F)F)cn2)C1. The molecule has 2 atom stereocenters. The number of nitrogens with zero attached hydrogens (tertiary/aromatic N) is 1. The Labute approximate surface area is 116 Å². The zero-order valence-corrected chi connectivity index (χ0v) is 11.4. The molecule has 0 saturated heterocycles. The van der Waals surface area contributed by atoms with Gasteiger partial charge in [0, 0.05) is 6.20 Å². The smallest absolute Gasteiger partial charge is 0.394 e. The molecule has 0 radical (unpaired) electrons. The molecule has 0 spiro atoms. The third kappa shape index (κ3) is 3.42. The lowest BCUT2D eigenvalue weighted by atomic mass is 9.77. The number of hydrogen-bond donors (Lipinski definition) is 2. The molecule has 6 heteroatoms. The average molecular weight is 288 g/mol. The Morgan fingerprint density at radius 2 is 2.20 bits per heavy atom. The number of rotatable bonds is 3. The third-order valence-electron chi connectivity index (χ3n) is 3.88. The van der Waals surface area contributed by atoms with E-state index in [1.807, 2.05) is 0 Å². The van der Waals surface area contributed by atoms with Gasteiger partial charge in [0.05, 0.1) is 17.7 Å². The van der Waals surface area contributed by atoms with E-state index in [0.29, 0.717) is 11.7 Å². The van der Waals surface area contributed by atoms with Gasteiger partial charge < -0.3 is 10.4 Å². The summed E-state index contributed by atoms with van der Waals surface area (Å²) in [4.78, 5) is 3.82. The summed E-state index contributed by atoms with van der Waals surface area (Å²) in [6, 6.07) is 2.33. The lowest BCUT2D eigenvalue weighted by molar-refractivity contribution is -0.137. The Kier molecular flexibility index (Phi) is 4.22. The van der Waals surface area contributed by atoms with Crippen molar-refractivity contribution in [2.45, 2.75) is 44.3 Å². The normalized spacial score (nSPS) is 27.4. The van der Waals surface area contributed by atoms with Crippen molar-refractivity contribution in [2.24, 2.45) is 5.92 Å². The number of alkyl halides is 3. The minimum atomic E-state index is -4.38. The summed E-state index contributed by atoms with van der Waals surface area (Å²) in [7, 11) is 0. The summed E-state index contributed by atoms with van der Waals surface area (Å²) in [6.45, 7) is 2.07. The number of hydrogen-bond acceptors (Lipinski definition) is 3. The van der Waals surface area contributed by atoms with Gasteiger partial charge in [-0.3, -0.25) is 0 Å². The highest BCUT2D eigenvalue weighted by atomic mass is 19.4. The molecule has 1 aromatic rings. The second-order valence-electron chi connectivity index (χ2n) is 5.69. The Morgan fingerprint density at radius 1 is 1.45 bits per heavy atom. The summed E-state index contributed by atoms with van der Waals surface area (Å²) < 4.78 is 37.4. The Hall–Kier alpha value is -1.30. The molecule has 0 aliphatic heterocycles. The lowest BCUT2D eigenvalue weighted by Gasteiger charge is -2.39. The summed E-state index contributed by atoms with van der Waals surface area (Å²) in [6.07, 6.45) is 0.154. The zero-order valence-electron chi connectivity index (χ0n) is 11.4. The van der Waals surface area contributed by atoms with Crippen LogP contribution in [-0.2, 0) is 6.18 Å². The number of anilines is 1. The van der Waals surface area contributed by atoms with E-state index < -0.39 is 17.3 Å². The van der Waals surface area contributed by atoms with Gasteiger partial charge in [-0.2, -0.15) is 13.2 Å². The van der Waals surface area contributed by atoms with Crippen LogP contribution in [0.3, 0.4) is 0 Å². The van der Waals surface area contributed by atoms with Crippen LogP contribution in [0.2, 0.25) is 0 Å². The van der Waals surface area contributed by atoms with Crippen molar-refractivity contribution >= 4 is 5.82 Å². The maximum absolute atomic E-state index is 12.5. The van der Waals surface area contributed by atoms with Crippen LogP contribution in [0, 0.1) is 5.92 Å². The van der Waals surface area contributed by atoms with Gasteiger partial charge in [0.2, 0.25) is 0 Å². The highest BCUT2D eigenvalue weighted by Crippen LogP contribution is 2.35. The molecule has 3 nitrogen and oxygen atoms in total. The Morgan fingerprint density at radius 3 is 2.70 bits per heavy atom. The van der Waals surface area contributed by atoms with Crippen molar-refractivity contribution in [3.8, 4) is 0 Å². The van der Waals surface area contributed by atoms with Gasteiger partial charge in [-0.15, -0.1) is 0 Å². The maximum Gasteiger partial charge on any atom is 0.417 e. The fourth-order valence-electron chi connectivity index (χ4n) is 2.86. The maximum atomic E-state index is 12.5. The van der Waals surface area contributed by atoms with Gasteiger partial charge in [0.25, 0.3) is 0 Å². The van der Waals surface area contributed by atoms with Gasteiger partial charge in [0.1, 0.15) is 5.82 Å². The molecule has 1 fully saturated rings. The second kappa shape index (κ2) is 5.60.